The summed E-state index contributed by atoms with van der Waals surface area (Å²) in [6, 6.07) is -0.0833. The lowest BCUT2D eigenvalue weighted by molar-refractivity contribution is -0.132. The highest BCUT2D eigenvalue weighted by Gasteiger charge is 2.25. The van der Waals surface area contributed by atoms with E-state index in [2.05, 4.69) is 12.2 Å². The molecule has 20 heavy (non-hydrogen) atoms. The number of hydrogen-bond acceptors (Lipinski definition) is 4. The Hall–Kier alpha value is -1.30. The summed E-state index contributed by atoms with van der Waals surface area (Å²) in [6.07, 6.45) is 3.61. The Morgan fingerprint density at radius 2 is 2.20 bits per heavy atom. The van der Waals surface area contributed by atoms with Gasteiger partial charge in [-0.2, -0.15) is 0 Å². The standard InChI is InChI=1S/C14H27N3O3/c1-3-6-11(15)9-13(18)17-8-5-7-12(10-17)16-14(19)20-4-2/h11-12H,3-10,15H2,1-2H3,(H,16,19). The predicted molar refractivity (Wildman–Crippen MR) is 77.3 cm³/mol. The van der Waals surface area contributed by atoms with Crippen LogP contribution in [0.15, 0.2) is 0 Å². The van der Waals surface area contributed by atoms with E-state index in [1.807, 2.05) is 0 Å². The second kappa shape index (κ2) is 8.79. The second-order valence-electron chi connectivity index (χ2n) is 5.30. The minimum absolute atomic E-state index is 0.0193. The van der Waals surface area contributed by atoms with Crippen LogP contribution >= 0.6 is 0 Å². The van der Waals surface area contributed by atoms with Gasteiger partial charge in [-0.25, -0.2) is 4.79 Å². The van der Waals surface area contributed by atoms with E-state index in [0.717, 1.165) is 32.2 Å². The molecule has 116 valence electrons. The molecule has 0 aliphatic carbocycles. The summed E-state index contributed by atoms with van der Waals surface area (Å²) in [6.45, 7) is 5.48. The Balaban J connectivity index is 2.39. The Kier molecular flexibility index (Phi) is 7.36. The largest absolute Gasteiger partial charge is 0.450 e. The zero-order chi connectivity index (χ0) is 15.0. The number of carbonyl (C=O) groups excluding carboxylic acids is 2. The minimum Gasteiger partial charge on any atom is -0.450 e. The summed E-state index contributed by atoms with van der Waals surface area (Å²) in [5.74, 6) is 0.0845. The normalized spacial score (nSPS) is 20.4. The number of alkyl carbamates (subject to hydrolysis) is 1. The summed E-state index contributed by atoms with van der Waals surface area (Å²) in [7, 11) is 0. The molecule has 2 unspecified atom stereocenters. The van der Waals surface area contributed by atoms with E-state index >= 15 is 0 Å². The summed E-state index contributed by atoms with van der Waals surface area (Å²) in [5, 5.41) is 2.80. The van der Waals surface area contributed by atoms with Crippen molar-refractivity contribution in [1.82, 2.24) is 10.2 Å². The molecule has 2 atom stereocenters. The van der Waals surface area contributed by atoms with Gasteiger partial charge >= 0.3 is 6.09 Å². The average molecular weight is 285 g/mol. The average Bonchev–Trinajstić information content (AvgIpc) is 2.39. The highest BCUT2D eigenvalue weighted by Crippen LogP contribution is 2.13. The first-order valence-corrected chi connectivity index (χ1v) is 7.53. The third-order valence-electron chi connectivity index (χ3n) is 3.47. The van der Waals surface area contributed by atoms with Gasteiger partial charge in [0.1, 0.15) is 0 Å². The molecule has 1 rings (SSSR count). The lowest BCUT2D eigenvalue weighted by Gasteiger charge is -2.33. The molecule has 0 aromatic heterocycles. The van der Waals surface area contributed by atoms with Gasteiger partial charge in [0.25, 0.3) is 0 Å². The maximum Gasteiger partial charge on any atom is 0.407 e. The van der Waals surface area contributed by atoms with Crippen LogP contribution in [0, 0.1) is 0 Å². The Morgan fingerprint density at radius 3 is 2.85 bits per heavy atom. The molecule has 1 aliphatic rings. The number of piperidine rings is 1. The molecule has 1 heterocycles. The summed E-state index contributed by atoms with van der Waals surface area (Å²) < 4.78 is 4.86. The molecule has 1 fully saturated rings. The molecule has 0 saturated carbocycles. The number of nitrogens with one attached hydrogen (secondary N) is 1. The van der Waals surface area contributed by atoms with E-state index in [4.69, 9.17) is 10.5 Å². The van der Waals surface area contributed by atoms with Gasteiger partial charge < -0.3 is 20.7 Å². The van der Waals surface area contributed by atoms with Crippen LogP contribution in [0.4, 0.5) is 4.79 Å². The van der Waals surface area contributed by atoms with Crippen molar-refractivity contribution in [2.24, 2.45) is 5.73 Å². The van der Waals surface area contributed by atoms with Crippen molar-refractivity contribution in [1.29, 1.82) is 0 Å². The van der Waals surface area contributed by atoms with Crippen LogP contribution in [0.25, 0.3) is 0 Å². The predicted octanol–water partition coefficient (Wildman–Crippen LogP) is 1.24. The molecule has 1 saturated heterocycles. The van der Waals surface area contributed by atoms with Crippen LogP contribution in [0.2, 0.25) is 0 Å². The summed E-state index contributed by atoms with van der Waals surface area (Å²) in [5.41, 5.74) is 5.91. The number of ether oxygens (including phenoxy) is 1. The van der Waals surface area contributed by atoms with Crippen LogP contribution in [0.3, 0.4) is 0 Å². The lowest BCUT2D eigenvalue weighted by Crippen LogP contribution is -2.50. The van der Waals surface area contributed by atoms with Crippen molar-refractivity contribution in [2.75, 3.05) is 19.7 Å². The molecule has 0 bridgehead atoms. The quantitative estimate of drug-likeness (QED) is 0.769. The zero-order valence-corrected chi connectivity index (χ0v) is 12.6. The molecule has 0 aromatic rings. The van der Waals surface area contributed by atoms with E-state index in [0.29, 0.717) is 19.6 Å². The second-order valence-corrected chi connectivity index (χ2v) is 5.30. The molecule has 0 aromatic carbocycles. The Labute approximate surface area is 121 Å². The van der Waals surface area contributed by atoms with Gasteiger partial charge in [-0.1, -0.05) is 13.3 Å². The van der Waals surface area contributed by atoms with Crippen molar-refractivity contribution in [3.8, 4) is 0 Å². The van der Waals surface area contributed by atoms with Crippen molar-refractivity contribution >= 4 is 12.0 Å². The van der Waals surface area contributed by atoms with Crippen LogP contribution in [0.1, 0.15) is 46.0 Å². The Morgan fingerprint density at radius 1 is 1.45 bits per heavy atom. The fourth-order valence-electron chi connectivity index (χ4n) is 2.49. The molecule has 0 spiro atoms. The maximum absolute atomic E-state index is 12.1. The number of hydrogen-bond donors (Lipinski definition) is 2. The molecule has 1 aliphatic heterocycles. The maximum atomic E-state index is 12.1. The number of nitrogens with two attached hydrogens (primary N) is 1. The van der Waals surface area contributed by atoms with E-state index in [1.54, 1.807) is 11.8 Å². The molecule has 6 heteroatoms. The number of carbonyl (C=O) groups is 2. The van der Waals surface area contributed by atoms with Crippen molar-refractivity contribution in [2.45, 2.75) is 58.0 Å². The molecule has 0 radical (unpaired) electrons. The number of likely N-dealkylation sites (tertiary alicyclic amines) is 1. The van der Waals surface area contributed by atoms with Crippen molar-refractivity contribution in [3.05, 3.63) is 0 Å². The minimum atomic E-state index is -0.408. The first-order valence-electron chi connectivity index (χ1n) is 7.53. The monoisotopic (exact) mass is 285 g/mol. The molecule has 3 N–H and O–H groups in total. The van der Waals surface area contributed by atoms with Gasteiger partial charge in [0.15, 0.2) is 0 Å². The summed E-state index contributed by atoms with van der Waals surface area (Å²) in [4.78, 5) is 25.3. The first kappa shape index (κ1) is 16.8. The third kappa shape index (κ3) is 5.77. The third-order valence-corrected chi connectivity index (χ3v) is 3.47. The topological polar surface area (TPSA) is 84.7 Å². The highest BCUT2D eigenvalue weighted by atomic mass is 16.5. The zero-order valence-electron chi connectivity index (χ0n) is 12.6. The SMILES string of the molecule is CCCC(N)CC(=O)N1CCCC(NC(=O)OCC)C1. The fraction of sp³-hybridized carbons (Fsp3) is 0.857. The smallest absolute Gasteiger partial charge is 0.407 e. The van der Waals surface area contributed by atoms with Gasteiger partial charge in [0, 0.05) is 31.6 Å². The van der Waals surface area contributed by atoms with E-state index in [1.165, 1.54) is 0 Å². The first-order chi connectivity index (χ1) is 9.56. The number of nitrogens with zero attached hydrogens (tertiary/aromatic N) is 1. The van der Waals surface area contributed by atoms with Crippen LogP contribution in [-0.4, -0.2) is 48.7 Å². The summed E-state index contributed by atoms with van der Waals surface area (Å²) >= 11 is 0. The van der Waals surface area contributed by atoms with Gasteiger partial charge in [0.05, 0.1) is 6.61 Å². The van der Waals surface area contributed by atoms with E-state index in [9.17, 15) is 9.59 Å². The number of rotatable bonds is 6. The fourth-order valence-corrected chi connectivity index (χ4v) is 2.49. The lowest BCUT2D eigenvalue weighted by atomic mass is 10.0. The van der Waals surface area contributed by atoms with Crippen molar-refractivity contribution in [3.63, 3.8) is 0 Å². The van der Waals surface area contributed by atoms with Crippen LogP contribution < -0.4 is 11.1 Å². The van der Waals surface area contributed by atoms with Gasteiger partial charge in [-0.3, -0.25) is 4.79 Å². The van der Waals surface area contributed by atoms with Gasteiger partial charge in [-0.15, -0.1) is 0 Å². The van der Waals surface area contributed by atoms with Crippen molar-refractivity contribution < 1.29 is 14.3 Å². The van der Waals surface area contributed by atoms with E-state index < -0.39 is 6.09 Å². The van der Waals surface area contributed by atoms with Crippen LogP contribution in [-0.2, 0) is 9.53 Å². The molecular weight excluding hydrogens is 258 g/mol. The highest BCUT2D eigenvalue weighted by molar-refractivity contribution is 5.77. The Bertz CT molecular complexity index is 323. The van der Waals surface area contributed by atoms with Crippen LogP contribution in [0.5, 0.6) is 0 Å². The van der Waals surface area contributed by atoms with E-state index in [-0.39, 0.29) is 18.0 Å². The van der Waals surface area contributed by atoms with Gasteiger partial charge in [0.2, 0.25) is 5.91 Å². The van der Waals surface area contributed by atoms with Gasteiger partial charge in [-0.05, 0) is 26.2 Å². The molecule has 2 amide bonds. The number of amides is 2. The molecule has 6 nitrogen and oxygen atoms in total. The molecular formula is C14H27N3O3.